The van der Waals surface area contributed by atoms with Crippen LogP contribution >= 0.6 is 0 Å². The Kier molecular flexibility index (Phi) is 3.18. The van der Waals surface area contributed by atoms with E-state index in [0.717, 1.165) is 5.39 Å². The molecule has 0 amide bonds. The van der Waals surface area contributed by atoms with Crippen LogP contribution in [-0.4, -0.2) is 22.2 Å². The number of aromatic carboxylic acids is 2. The molecule has 0 aliphatic carbocycles. The molecule has 1 aromatic heterocycles. The van der Waals surface area contributed by atoms with Gasteiger partial charge in [-0.1, -0.05) is 18.2 Å². The predicted octanol–water partition coefficient (Wildman–Crippen LogP) is 3.80. The Balaban J connectivity index is 2.36. The van der Waals surface area contributed by atoms with E-state index in [-0.39, 0.29) is 16.7 Å². The van der Waals surface area contributed by atoms with Gasteiger partial charge in [-0.05, 0) is 41.8 Å². The van der Waals surface area contributed by atoms with E-state index < -0.39 is 11.9 Å². The Labute approximate surface area is 125 Å². The highest BCUT2D eigenvalue weighted by Crippen LogP contribution is 2.34. The van der Waals surface area contributed by atoms with Crippen molar-refractivity contribution in [2.75, 3.05) is 0 Å². The van der Waals surface area contributed by atoms with E-state index in [0.29, 0.717) is 16.7 Å². The molecule has 0 spiro atoms. The Hall–Kier alpha value is -3.08. The van der Waals surface area contributed by atoms with Crippen LogP contribution in [0.1, 0.15) is 26.3 Å². The second kappa shape index (κ2) is 5.04. The topological polar surface area (TPSA) is 87.7 Å². The van der Waals surface area contributed by atoms with Crippen molar-refractivity contribution in [2.24, 2.45) is 0 Å². The van der Waals surface area contributed by atoms with Crippen LogP contribution < -0.4 is 0 Å². The fourth-order valence-electron chi connectivity index (χ4n) is 2.67. The minimum Gasteiger partial charge on any atom is -0.478 e. The highest BCUT2D eigenvalue weighted by Gasteiger charge is 2.21. The minimum atomic E-state index is -1.16. The van der Waals surface area contributed by atoms with Crippen LogP contribution in [0.2, 0.25) is 0 Å². The van der Waals surface area contributed by atoms with Gasteiger partial charge < -0.3 is 14.6 Å². The second-order valence-electron chi connectivity index (χ2n) is 4.91. The standard InChI is InChI=1S/C17H12O5/c1-9-10(16(18)19)5-6-13(15(9)17(20)21)11-3-2-4-14-12(11)7-8-22-14/h2-8H,1H3,(H,18,19)(H,20,21). The van der Waals surface area contributed by atoms with Crippen molar-refractivity contribution in [1.29, 1.82) is 0 Å². The molecule has 0 bridgehead atoms. The fraction of sp³-hybridized carbons (Fsp3) is 0.0588. The quantitative estimate of drug-likeness (QED) is 0.767. The molecule has 1 heterocycles. The number of hydrogen-bond acceptors (Lipinski definition) is 3. The molecule has 0 radical (unpaired) electrons. The molecule has 22 heavy (non-hydrogen) atoms. The maximum absolute atomic E-state index is 11.6. The van der Waals surface area contributed by atoms with Crippen LogP contribution in [0.5, 0.6) is 0 Å². The molecule has 0 atom stereocenters. The molecule has 5 heteroatoms. The first-order valence-corrected chi connectivity index (χ1v) is 6.57. The van der Waals surface area contributed by atoms with Crippen molar-refractivity contribution in [3.8, 4) is 11.1 Å². The lowest BCUT2D eigenvalue weighted by molar-refractivity contribution is 0.0696. The predicted molar refractivity (Wildman–Crippen MR) is 80.3 cm³/mol. The number of carboxylic acid groups (broad SMARTS) is 2. The smallest absolute Gasteiger partial charge is 0.336 e. The average molecular weight is 296 g/mol. The van der Waals surface area contributed by atoms with Crippen LogP contribution in [0.15, 0.2) is 47.1 Å². The summed E-state index contributed by atoms with van der Waals surface area (Å²) in [6, 6.07) is 10.1. The van der Waals surface area contributed by atoms with Crippen molar-refractivity contribution in [1.82, 2.24) is 0 Å². The Morgan fingerprint density at radius 1 is 0.955 bits per heavy atom. The number of benzene rings is 2. The van der Waals surface area contributed by atoms with E-state index in [9.17, 15) is 14.7 Å². The number of furan rings is 1. The largest absolute Gasteiger partial charge is 0.478 e. The lowest BCUT2D eigenvalue weighted by Crippen LogP contribution is -2.09. The van der Waals surface area contributed by atoms with Crippen molar-refractivity contribution in [3.05, 3.63) is 59.4 Å². The molecular weight excluding hydrogens is 284 g/mol. The molecule has 0 aliphatic rings. The third-order valence-corrected chi connectivity index (χ3v) is 3.70. The van der Waals surface area contributed by atoms with Crippen LogP contribution in [0, 0.1) is 6.92 Å². The molecule has 0 saturated heterocycles. The van der Waals surface area contributed by atoms with Gasteiger partial charge in [-0.3, -0.25) is 0 Å². The fourth-order valence-corrected chi connectivity index (χ4v) is 2.67. The first kappa shape index (κ1) is 13.9. The lowest BCUT2D eigenvalue weighted by atomic mass is 9.91. The molecule has 0 aliphatic heterocycles. The van der Waals surface area contributed by atoms with E-state index in [4.69, 9.17) is 9.52 Å². The van der Waals surface area contributed by atoms with Crippen LogP contribution in [0.25, 0.3) is 22.1 Å². The maximum atomic E-state index is 11.6. The monoisotopic (exact) mass is 296 g/mol. The summed E-state index contributed by atoms with van der Waals surface area (Å²) in [4.78, 5) is 22.9. The zero-order chi connectivity index (χ0) is 15.9. The number of carbonyl (C=O) groups is 2. The molecule has 110 valence electrons. The zero-order valence-electron chi connectivity index (χ0n) is 11.7. The highest BCUT2D eigenvalue weighted by molar-refractivity contribution is 6.05. The summed E-state index contributed by atoms with van der Waals surface area (Å²) < 4.78 is 5.33. The van der Waals surface area contributed by atoms with Gasteiger partial charge in [0, 0.05) is 5.39 Å². The number of fused-ring (bicyclic) bond motifs is 1. The van der Waals surface area contributed by atoms with Gasteiger partial charge >= 0.3 is 11.9 Å². The van der Waals surface area contributed by atoms with Gasteiger partial charge in [0.05, 0.1) is 17.4 Å². The highest BCUT2D eigenvalue weighted by atomic mass is 16.4. The molecule has 0 saturated carbocycles. The van der Waals surface area contributed by atoms with Crippen LogP contribution in [-0.2, 0) is 0 Å². The van der Waals surface area contributed by atoms with Crippen LogP contribution in [0.4, 0.5) is 0 Å². The van der Waals surface area contributed by atoms with Crippen molar-refractivity contribution >= 4 is 22.9 Å². The SMILES string of the molecule is Cc1c(C(=O)O)ccc(-c2cccc3occc23)c1C(=O)O. The second-order valence-corrected chi connectivity index (χ2v) is 4.91. The molecule has 3 rings (SSSR count). The van der Waals surface area contributed by atoms with E-state index in [2.05, 4.69) is 0 Å². The van der Waals surface area contributed by atoms with Gasteiger partial charge in [-0.25, -0.2) is 9.59 Å². The van der Waals surface area contributed by atoms with Crippen molar-refractivity contribution in [2.45, 2.75) is 6.92 Å². The van der Waals surface area contributed by atoms with E-state index >= 15 is 0 Å². The number of rotatable bonds is 3. The summed E-state index contributed by atoms with van der Waals surface area (Å²) >= 11 is 0. The maximum Gasteiger partial charge on any atom is 0.336 e. The van der Waals surface area contributed by atoms with E-state index in [1.165, 1.54) is 25.3 Å². The van der Waals surface area contributed by atoms with E-state index in [1.807, 2.05) is 0 Å². The van der Waals surface area contributed by atoms with Crippen molar-refractivity contribution in [3.63, 3.8) is 0 Å². The Morgan fingerprint density at radius 2 is 1.73 bits per heavy atom. The molecular formula is C17H12O5. The first-order chi connectivity index (χ1) is 10.5. The van der Waals surface area contributed by atoms with Crippen LogP contribution in [0.3, 0.4) is 0 Å². The number of carboxylic acids is 2. The first-order valence-electron chi connectivity index (χ1n) is 6.57. The molecule has 2 N–H and O–H groups in total. The van der Waals surface area contributed by atoms with Gasteiger partial charge in [0.15, 0.2) is 0 Å². The van der Waals surface area contributed by atoms with Gasteiger partial charge in [-0.15, -0.1) is 0 Å². The van der Waals surface area contributed by atoms with E-state index in [1.54, 1.807) is 24.3 Å². The molecule has 0 fully saturated rings. The van der Waals surface area contributed by atoms with Gasteiger partial charge in [0.1, 0.15) is 5.58 Å². The summed E-state index contributed by atoms with van der Waals surface area (Å²) in [5.41, 5.74) is 2.03. The molecule has 2 aromatic carbocycles. The van der Waals surface area contributed by atoms with Gasteiger partial charge in [0.2, 0.25) is 0 Å². The minimum absolute atomic E-state index is 0.00593. The summed E-state index contributed by atoms with van der Waals surface area (Å²) in [5.74, 6) is -2.30. The Morgan fingerprint density at radius 3 is 2.41 bits per heavy atom. The third kappa shape index (κ3) is 2.03. The number of hydrogen-bond donors (Lipinski definition) is 2. The molecule has 5 nitrogen and oxygen atoms in total. The molecule has 3 aromatic rings. The lowest BCUT2D eigenvalue weighted by Gasteiger charge is -2.12. The average Bonchev–Trinajstić information content (AvgIpc) is 2.94. The van der Waals surface area contributed by atoms with Gasteiger partial charge in [0.25, 0.3) is 0 Å². The molecule has 0 unspecified atom stereocenters. The Bertz CT molecular complexity index is 905. The summed E-state index contributed by atoms with van der Waals surface area (Å²) in [6.07, 6.45) is 1.53. The van der Waals surface area contributed by atoms with Gasteiger partial charge in [-0.2, -0.15) is 0 Å². The third-order valence-electron chi connectivity index (χ3n) is 3.70. The summed E-state index contributed by atoms with van der Waals surface area (Å²) in [5, 5.41) is 19.5. The summed E-state index contributed by atoms with van der Waals surface area (Å²) in [7, 11) is 0. The zero-order valence-corrected chi connectivity index (χ0v) is 11.7. The summed E-state index contributed by atoms with van der Waals surface area (Å²) in [6.45, 7) is 1.51. The normalized spacial score (nSPS) is 10.8. The van der Waals surface area contributed by atoms with Crippen molar-refractivity contribution < 1.29 is 24.2 Å².